The molecule has 28 heavy (non-hydrogen) atoms. The average Bonchev–Trinajstić information content (AvgIpc) is 2.65. The first-order valence-corrected chi connectivity index (χ1v) is 8.70. The molecular weight excluding hydrogens is 375 g/mol. The molecule has 1 amide bonds. The van der Waals surface area contributed by atoms with E-state index in [1.807, 2.05) is 0 Å². The summed E-state index contributed by atoms with van der Waals surface area (Å²) in [6.07, 6.45) is 1.76. The molecule has 1 saturated heterocycles. The number of anilines is 2. The van der Waals surface area contributed by atoms with E-state index in [0.29, 0.717) is 0 Å². The fourth-order valence-electron chi connectivity index (χ4n) is 3.19. The van der Waals surface area contributed by atoms with Crippen molar-refractivity contribution in [3.05, 3.63) is 52.3 Å². The maximum atomic E-state index is 14.5. The van der Waals surface area contributed by atoms with Gasteiger partial charge in [-0.05, 0) is 30.7 Å². The Hall–Kier alpha value is -2.88. The van der Waals surface area contributed by atoms with Gasteiger partial charge in [-0.3, -0.25) is 14.5 Å². The Morgan fingerprint density at radius 3 is 2.86 bits per heavy atom. The summed E-state index contributed by atoms with van der Waals surface area (Å²) in [5.41, 5.74) is 5.08. The molecule has 0 radical (unpaired) electrons. The second kappa shape index (κ2) is 7.63. The predicted octanol–water partition coefficient (Wildman–Crippen LogP) is 1.94. The summed E-state index contributed by atoms with van der Waals surface area (Å²) in [7, 11) is 0. The molecule has 3 heterocycles. The Morgan fingerprint density at radius 2 is 2.21 bits per heavy atom. The molecular formula is C18H20F3N5O2. The summed E-state index contributed by atoms with van der Waals surface area (Å²) in [5, 5.41) is 2.54. The SMILES string of the molecule is C[C@@H](C(=O)Nc1ccc(F)cn1)N1CCC(F)(F)[C@@H](c2c[nH]c(=O)c(N)c2)C1. The number of hydrogen-bond donors (Lipinski definition) is 3. The third kappa shape index (κ3) is 4.16. The van der Waals surface area contributed by atoms with E-state index < -0.39 is 41.6 Å². The molecule has 1 aliphatic rings. The van der Waals surface area contributed by atoms with Gasteiger partial charge in [-0.1, -0.05) is 0 Å². The number of carbonyl (C=O) groups excluding carboxylic acids is 1. The molecule has 0 aliphatic carbocycles. The Labute approximate surface area is 158 Å². The molecule has 10 heteroatoms. The Balaban J connectivity index is 1.75. The molecule has 1 aliphatic heterocycles. The third-order valence-electron chi connectivity index (χ3n) is 4.92. The number of aromatic amines is 1. The van der Waals surface area contributed by atoms with E-state index in [1.165, 1.54) is 18.3 Å². The van der Waals surface area contributed by atoms with E-state index >= 15 is 0 Å². The highest BCUT2D eigenvalue weighted by molar-refractivity contribution is 5.93. The number of nitrogens with one attached hydrogen (secondary N) is 2. The lowest BCUT2D eigenvalue weighted by molar-refractivity contribution is -0.125. The number of nitrogens with zero attached hydrogens (tertiary/aromatic N) is 2. The number of pyridine rings is 2. The second-order valence-corrected chi connectivity index (χ2v) is 6.80. The van der Waals surface area contributed by atoms with Gasteiger partial charge in [-0.15, -0.1) is 0 Å². The van der Waals surface area contributed by atoms with Gasteiger partial charge in [0.15, 0.2) is 0 Å². The zero-order valence-corrected chi connectivity index (χ0v) is 15.1. The van der Waals surface area contributed by atoms with E-state index in [1.54, 1.807) is 11.8 Å². The van der Waals surface area contributed by atoms with E-state index in [-0.39, 0.29) is 30.2 Å². The zero-order valence-electron chi connectivity index (χ0n) is 15.1. The van der Waals surface area contributed by atoms with Gasteiger partial charge in [0.1, 0.15) is 11.6 Å². The number of amides is 1. The number of alkyl halides is 2. The largest absolute Gasteiger partial charge is 0.394 e. The molecule has 0 unspecified atom stereocenters. The number of aromatic nitrogens is 2. The van der Waals surface area contributed by atoms with Crippen LogP contribution in [0.15, 0.2) is 35.4 Å². The maximum Gasteiger partial charge on any atom is 0.271 e. The maximum absolute atomic E-state index is 14.5. The van der Waals surface area contributed by atoms with E-state index in [4.69, 9.17) is 5.73 Å². The van der Waals surface area contributed by atoms with Gasteiger partial charge < -0.3 is 16.0 Å². The Morgan fingerprint density at radius 1 is 1.46 bits per heavy atom. The van der Waals surface area contributed by atoms with Gasteiger partial charge in [0.05, 0.1) is 23.8 Å². The molecule has 1 fully saturated rings. The predicted molar refractivity (Wildman–Crippen MR) is 97.6 cm³/mol. The summed E-state index contributed by atoms with van der Waals surface area (Å²) >= 11 is 0. The Kier molecular flexibility index (Phi) is 5.41. The lowest BCUT2D eigenvalue weighted by atomic mass is 9.87. The van der Waals surface area contributed by atoms with Crippen LogP contribution >= 0.6 is 0 Å². The van der Waals surface area contributed by atoms with Crippen LogP contribution in [0, 0.1) is 5.82 Å². The highest BCUT2D eigenvalue weighted by Crippen LogP contribution is 2.40. The highest BCUT2D eigenvalue weighted by Gasteiger charge is 2.46. The van der Waals surface area contributed by atoms with Crippen LogP contribution in [-0.4, -0.2) is 45.8 Å². The fourth-order valence-corrected chi connectivity index (χ4v) is 3.19. The summed E-state index contributed by atoms with van der Waals surface area (Å²) in [6.45, 7) is 1.53. The Bertz CT molecular complexity index is 916. The number of rotatable bonds is 4. The van der Waals surface area contributed by atoms with Crippen LogP contribution in [0.5, 0.6) is 0 Å². The quantitative estimate of drug-likeness (QED) is 0.734. The summed E-state index contributed by atoms with van der Waals surface area (Å²) in [5.74, 6) is -5.03. The van der Waals surface area contributed by atoms with Gasteiger partial charge in [-0.2, -0.15) is 0 Å². The molecule has 7 nitrogen and oxygen atoms in total. The van der Waals surface area contributed by atoms with Gasteiger partial charge in [-0.25, -0.2) is 18.2 Å². The molecule has 3 rings (SSSR count). The van der Waals surface area contributed by atoms with Crippen molar-refractivity contribution >= 4 is 17.4 Å². The van der Waals surface area contributed by atoms with Crippen molar-refractivity contribution in [1.82, 2.24) is 14.9 Å². The monoisotopic (exact) mass is 395 g/mol. The number of halogens is 3. The number of piperidine rings is 1. The van der Waals surface area contributed by atoms with Gasteiger partial charge in [0, 0.05) is 25.7 Å². The van der Waals surface area contributed by atoms with Gasteiger partial charge in [0.25, 0.3) is 11.5 Å². The second-order valence-electron chi connectivity index (χ2n) is 6.80. The number of nitrogen functional groups attached to an aromatic ring is 1. The normalized spacial score (nSPS) is 20.5. The minimum absolute atomic E-state index is 0.0216. The van der Waals surface area contributed by atoms with E-state index in [9.17, 15) is 22.8 Å². The average molecular weight is 395 g/mol. The van der Waals surface area contributed by atoms with Crippen molar-refractivity contribution in [1.29, 1.82) is 0 Å². The number of H-pyrrole nitrogens is 1. The molecule has 0 spiro atoms. The van der Waals surface area contributed by atoms with Crippen LogP contribution in [0.2, 0.25) is 0 Å². The summed E-state index contributed by atoms with van der Waals surface area (Å²) in [4.78, 5) is 31.6. The van der Waals surface area contributed by atoms with E-state index in [2.05, 4.69) is 15.3 Å². The first-order chi connectivity index (χ1) is 13.2. The highest BCUT2D eigenvalue weighted by atomic mass is 19.3. The van der Waals surface area contributed by atoms with Crippen molar-refractivity contribution in [2.24, 2.45) is 0 Å². The van der Waals surface area contributed by atoms with Crippen molar-refractivity contribution in [3.8, 4) is 0 Å². The zero-order chi connectivity index (χ0) is 20.5. The minimum atomic E-state index is -3.00. The van der Waals surface area contributed by atoms with Crippen LogP contribution in [0.3, 0.4) is 0 Å². The van der Waals surface area contributed by atoms with Gasteiger partial charge in [0.2, 0.25) is 5.91 Å². The van der Waals surface area contributed by atoms with Crippen molar-refractivity contribution in [2.75, 3.05) is 24.1 Å². The number of likely N-dealkylation sites (tertiary alicyclic amines) is 1. The topological polar surface area (TPSA) is 104 Å². The number of carbonyl (C=O) groups is 1. The van der Waals surface area contributed by atoms with Crippen molar-refractivity contribution < 1.29 is 18.0 Å². The first kappa shape index (κ1) is 19.9. The van der Waals surface area contributed by atoms with Crippen molar-refractivity contribution in [2.45, 2.75) is 31.2 Å². The minimum Gasteiger partial charge on any atom is -0.394 e. The van der Waals surface area contributed by atoms with E-state index in [0.717, 1.165) is 12.3 Å². The fraction of sp³-hybridized carbons (Fsp3) is 0.389. The molecule has 2 atom stereocenters. The van der Waals surface area contributed by atoms with Crippen LogP contribution in [-0.2, 0) is 4.79 Å². The standard InChI is InChI=1S/C18H20F3N5O2/c1-10(16(27)25-15-3-2-12(19)8-23-15)26-5-4-18(20,21)13(9-26)11-6-14(22)17(28)24-7-11/h2-3,6-8,10,13H,4-5,9,22H2,1H3,(H,24,28)(H,23,25,27)/t10-,13+/m0/s1. The third-order valence-corrected chi connectivity index (χ3v) is 4.92. The van der Waals surface area contributed by atoms with Crippen molar-refractivity contribution in [3.63, 3.8) is 0 Å². The number of hydrogen-bond acceptors (Lipinski definition) is 5. The van der Waals surface area contributed by atoms with Crippen LogP contribution in [0.4, 0.5) is 24.7 Å². The first-order valence-electron chi connectivity index (χ1n) is 8.70. The molecule has 4 N–H and O–H groups in total. The molecule has 0 bridgehead atoms. The smallest absolute Gasteiger partial charge is 0.271 e. The lowest BCUT2D eigenvalue weighted by Gasteiger charge is -2.40. The lowest BCUT2D eigenvalue weighted by Crippen LogP contribution is -2.52. The summed E-state index contributed by atoms with van der Waals surface area (Å²) in [6, 6.07) is 3.00. The molecule has 150 valence electrons. The van der Waals surface area contributed by atoms with Gasteiger partial charge >= 0.3 is 0 Å². The molecule has 2 aromatic heterocycles. The van der Waals surface area contributed by atoms with Crippen LogP contribution in [0.1, 0.15) is 24.8 Å². The van der Waals surface area contributed by atoms with Crippen LogP contribution in [0.25, 0.3) is 0 Å². The van der Waals surface area contributed by atoms with Crippen LogP contribution < -0.4 is 16.6 Å². The summed E-state index contributed by atoms with van der Waals surface area (Å²) < 4.78 is 41.9. The number of nitrogens with two attached hydrogens (primary N) is 1. The molecule has 2 aromatic rings. The molecule has 0 saturated carbocycles. The molecule has 0 aromatic carbocycles.